The van der Waals surface area contributed by atoms with Crippen LogP contribution in [0.5, 0.6) is 0 Å². The van der Waals surface area contributed by atoms with Gasteiger partial charge in [0.25, 0.3) is 0 Å². The molecule has 0 aliphatic carbocycles. The lowest BCUT2D eigenvalue weighted by atomic mass is 10.5. The Kier molecular flexibility index (Phi) is 5.08. The fraction of sp³-hybridized carbons (Fsp3) is 0.727. The summed E-state index contributed by atoms with van der Waals surface area (Å²) < 4.78 is 0. The number of anilines is 3. The number of nitrogens with zero attached hydrogens (tertiary/aromatic N) is 6. The first kappa shape index (κ1) is 14.4. The fourth-order valence-corrected chi connectivity index (χ4v) is 1.29. The summed E-state index contributed by atoms with van der Waals surface area (Å²) in [6.45, 7) is 1.82. The van der Waals surface area contributed by atoms with Crippen molar-refractivity contribution in [2.45, 2.75) is 0 Å². The monoisotopic (exact) mass is 253 g/mol. The summed E-state index contributed by atoms with van der Waals surface area (Å²) in [5.41, 5.74) is 0. The predicted octanol–water partition coefficient (Wildman–Crippen LogP) is -0.0229. The summed E-state index contributed by atoms with van der Waals surface area (Å²) in [4.78, 5) is 19.1. The highest BCUT2D eigenvalue weighted by Crippen LogP contribution is 2.13. The van der Waals surface area contributed by atoms with Crippen LogP contribution in [0.4, 0.5) is 17.8 Å². The van der Waals surface area contributed by atoms with Crippen LogP contribution in [0.1, 0.15) is 0 Å². The highest BCUT2D eigenvalue weighted by Gasteiger charge is 2.10. The Bertz CT molecular complexity index is 378. The van der Waals surface area contributed by atoms with Gasteiger partial charge in [-0.05, 0) is 14.1 Å². The van der Waals surface area contributed by atoms with Gasteiger partial charge < -0.3 is 20.0 Å². The van der Waals surface area contributed by atoms with E-state index in [2.05, 4.69) is 25.2 Å². The zero-order valence-corrected chi connectivity index (χ0v) is 12.1. The quantitative estimate of drug-likeness (QED) is 0.764. The number of rotatable bonds is 6. The minimum atomic E-state index is 0.584. The van der Waals surface area contributed by atoms with E-state index >= 15 is 0 Å². The average Bonchev–Trinajstić information content (AvgIpc) is 2.35. The van der Waals surface area contributed by atoms with Gasteiger partial charge in [0.05, 0.1) is 0 Å². The normalized spacial score (nSPS) is 10.6. The van der Waals surface area contributed by atoms with E-state index in [-0.39, 0.29) is 0 Å². The summed E-state index contributed by atoms with van der Waals surface area (Å²) in [6, 6.07) is 0. The molecule has 18 heavy (non-hydrogen) atoms. The molecule has 0 saturated carbocycles. The predicted molar refractivity (Wildman–Crippen MR) is 75.5 cm³/mol. The second kappa shape index (κ2) is 6.34. The number of hydrogen-bond donors (Lipinski definition) is 1. The third-order valence-corrected chi connectivity index (χ3v) is 2.46. The van der Waals surface area contributed by atoms with Crippen molar-refractivity contribution in [1.29, 1.82) is 0 Å². The number of nitrogens with one attached hydrogen (secondary N) is 1. The maximum absolute atomic E-state index is 4.43. The SMILES string of the molecule is CNc1nc(N(C)C)nc(N(C)CCN(C)C)n1. The van der Waals surface area contributed by atoms with Gasteiger partial charge in [-0.25, -0.2) is 0 Å². The first-order valence-corrected chi connectivity index (χ1v) is 5.91. The van der Waals surface area contributed by atoms with Crippen LogP contribution in [0.2, 0.25) is 0 Å². The molecule has 0 aromatic carbocycles. The zero-order valence-electron chi connectivity index (χ0n) is 12.1. The highest BCUT2D eigenvalue weighted by atomic mass is 15.3. The van der Waals surface area contributed by atoms with Gasteiger partial charge in [-0.1, -0.05) is 0 Å². The van der Waals surface area contributed by atoms with Crippen molar-refractivity contribution >= 4 is 17.8 Å². The molecule has 7 nitrogen and oxygen atoms in total. The van der Waals surface area contributed by atoms with E-state index in [0.717, 1.165) is 13.1 Å². The second-order valence-electron chi connectivity index (χ2n) is 4.63. The highest BCUT2D eigenvalue weighted by molar-refractivity contribution is 5.43. The topological polar surface area (TPSA) is 60.4 Å². The smallest absolute Gasteiger partial charge is 0.231 e. The molecule has 0 aliphatic heterocycles. The standard InChI is InChI=1S/C11H23N7/c1-12-9-13-10(17(4)5)15-11(14-9)18(6)8-7-16(2)3/h7-8H2,1-6H3,(H,12,13,14,15). The maximum atomic E-state index is 4.43. The van der Waals surface area contributed by atoms with Crippen LogP contribution in [0.15, 0.2) is 0 Å². The summed E-state index contributed by atoms with van der Waals surface area (Å²) in [5.74, 6) is 1.92. The molecule has 0 aliphatic rings. The molecule has 0 radical (unpaired) electrons. The van der Waals surface area contributed by atoms with Gasteiger partial charge in [0.15, 0.2) is 0 Å². The molecule has 1 N–H and O–H groups in total. The first-order valence-electron chi connectivity index (χ1n) is 5.91. The molecule has 0 saturated heterocycles. The van der Waals surface area contributed by atoms with Crippen LogP contribution in [-0.4, -0.2) is 75.2 Å². The second-order valence-corrected chi connectivity index (χ2v) is 4.63. The van der Waals surface area contributed by atoms with E-state index < -0.39 is 0 Å². The van der Waals surface area contributed by atoms with Gasteiger partial charge in [-0.3, -0.25) is 0 Å². The van der Waals surface area contributed by atoms with E-state index in [1.807, 2.05) is 45.0 Å². The van der Waals surface area contributed by atoms with Crippen LogP contribution in [0.3, 0.4) is 0 Å². The van der Waals surface area contributed by atoms with Crippen molar-refractivity contribution in [3.63, 3.8) is 0 Å². The minimum Gasteiger partial charge on any atom is -0.357 e. The summed E-state index contributed by atoms with van der Waals surface area (Å²) >= 11 is 0. The van der Waals surface area contributed by atoms with Crippen molar-refractivity contribution in [3.8, 4) is 0 Å². The van der Waals surface area contributed by atoms with Gasteiger partial charge in [0, 0.05) is 41.3 Å². The Morgan fingerprint density at radius 1 is 0.889 bits per heavy atom. The van der Waals surface area contributed by atoms with E-state index in [1.54, 1.807) is 7.05 Å². The molecule has 0 fully saturated rings. The molecule has 102 valence electrons. The lowest BCUT2D eigenvalue weighted by Gasteiger charge is -2.21. The fourth-order valence-electron chi connectivity index (χ4n) is 1.29. The molecule has 1 aromatic heterocycles. The molecule has 0 spiro atoms. The van der Waals surface area contributed by atoms with E-state index in [1.165, 1.54) is 0 Å². The molecule has 0 unspecified atom stereocenters. The Morgan fingerprint density at radius 3 is 2.00 bits per heavy atom. The van der Waals surface area contributed by atoms with Crippen molar-refractivity contribution in [2.24, 2.45) is 0 Å². The third kappa shape index (κ3) is 3.99. The Balaban J connectivity index is 2.89. The van der Waals surface area contributed by atoms with Gasteiger partial charge in [-0.2, -0.15) is 15.0 Å². The Hall–Kier alpha value is -1.63. The van der Waals surface area contributed by atoms with E-state index in [4.69, 9.17) is 0 Å². The van der Waals surface area contributed by atoms with E-state index in [9.17, 15) is 0 Å². The zero-order chi connectivity index (χ0) is 13.7. The molecule has 1 heterocycles. The lowest BCUT2D eigenvalue weighted by Crippen LogP contribution is -2.30. The van der Waals surface area contributed by atoms with Gasteiger partial charge in [0.2, 0.25) is 17.8 Å². The molecule has 1 aromatic rings. The first-order chi connectivity index (χ1) is 8.43. The van der Waals surface area contributed by atoms with Crippen molar-refractivity contribution in [2.75, 3.05) is 70.5 Å². The van der Waals surface area contributed by atoms with Gasteiger partial charge in [0.1, 0.15) is 0 Å². The molecular weight excluding hydrogens is 230 g/mol. The summed E-state index contributed by atoms with van der Waals surface area (Å²) in [5, 5.41) is 2.96. The third-order valence-electron chi connectivity index (χ3n) is 2.46. The van der Waals surface area contributed by atoms with Crippen LogP contribution >= 0.6 is 0 Å². The Labute approximate surface area is 109 Å². The van der Waals surface area contributed by atoms with Gasteiger partial charge in [-0.15, -0.1) is 0 Å². The van der Waals surface area contributed by atoms with Crippen molar-refractivity contribution in [1.82, 2.24) is 19.9 Å². The lowest BCUT2D eigenvalue weighted by molar-refractivity contribution is 0.415. The van der Waals surface area contributed by atoms with E-state index in [0.29, 0.717) is 17.8 Å². The molecule has 1 rings (SSSR count). The van der Waals surface area contributed by atoms with Crippen LogP contribution in [-0.2, 0) is 0 Å². The average molecular weight is 253 g/mol. The molecule has 0 atom stereocenters. The summed E-state index contributed by atoms with van der Waals surface area (Å²) in [6.07, 6.45) is 0. The molecular formula is C11H23N7. The summed E-state index contributed by atoms with van der Waals surface area (Å²) in [7, 11) is 11.7. The van der Waals surface area contributed by atoms with Crippen LogP contribution in [0, 0.1) is 0 Å². The molecule has 0 amide bonds. The molecule has 7 heteroatoms. The maximum Gasteiger partial charge on any atom is 0.231 e. The van der Waals surface area contributed by atoms with Crippen LogP contribution in [0.25, 0.3) is 0 Å². The largest absolute Gasteiger partial charge is 0.357 e. The van der Waals surface area contributed by atoms with Crippen molar-refractivity contribution < 1.29 is 0 Å². The van der Waals surface area contributed by atoms with Crippen LogP contribution < -0.4 is 15.1 Å². The van der Waals surface area contributed by atoms with Crippen molar-refractivity contribution in [3.05, 3.63) is 0 Å². The minimum absolute atomic E-state index is 0.584. The number of aromatic nitrogens is 3. The number of hydrogen-bond acceptors (Lipinski definition) is 7. The van der Waals surface area contributed by atoms with Gasteiger partial charge >= 0.3 is 0 Å². The number of likely N-dealkylation sites (N-methyl/N-ethyl adjacent to an activating group) is 2. The molecule has 0 bridgehead atoms. The Morgan fingerprint density at radius 2 is 1.50 bits per heavy atom.